The van der Waals surface area contributed by atoms with Crippen LogP contribution in [0.1, 0.15) is 64.5 Å². The van der Waals surface area contributed by atoms with Gasteiger partial charge in [0.25, 0.3) is 0 Å². The third kappa shape index (κ3) is 4.61. The van der Waals surface area contributed by atoms with Gasteiger partial charge in [-0.15, -0.1) is 0 Å². The third-order valence-corrected chi connectivity index (χ3v) is 7.06. The molecule has 0 amide bonds. The first kappa shape index (κ1) is 22.6. The Kier molecular flexibility index (Phi) is 6.44. The van der Waals surface area contributed by atoms with Crippen LogP contribution in [-0.4, -0.2) is 18.3 Å². The van der Waals surface area contributed by atoms with Crippen molar-refractivity contribution in [2.45, 2.75) is 64.2 Å². The van der Waals surface area contributed by atoms with Crippen LogP contribution >= 0.6 is 0 Å². The molecule has 4 rings (SSSR count). The summed E-state index contributed by atoms with van der Waals surface area (Å²) in [6, 6.07) is 24.0. The predicted molar refractivity (Wildman–Crippen MR) is 134 cm³/mol. The van der Waals surface area contributed by atoms with Gasteiger partial charge in [-0.25, -0.2) is 0 Å². The molecule has 3 aromatic rings. The van der Waals surface area contributed by atoms with Crippen LogP contribution in [0.3, 0.4) is 0 Å². The minimum Gasteiger partial charge on any atom is -0.493 e. The van der Waals surface area contributed by atoms with Crippen LogP contribution in [0.25, 0.3) is 22.3 Å². The van der Waals surface area contributed by atoms with E-state index in [1.54, 1.807) is 0 Å². The number of rotatable bonds is 7. The van der Waals surface area contributed by atoms with Crippen LogP contribution in [-0.2, 0) is 10.8 Å². The summed E-state index contributed by atoms with van der Waals surface area (Å²) < 4.78 is 6.21. The Hall–Kier alpha value is -2.58. The van der Waals surface area contributed by atoms with Crippen molar-refractivity contribution in [1.82, 2.24) is 0 Å². The van der Waals surface area contributed by atoms with E-state index in [4.69, 9.17) is 9.84 Å². The van der Waals surface area contributed by atoms with Crippen LogP contribution in [0.15, 0.2) is 66.7 Å². The fraction of sp³-hybridized carbons (Fsp3) is 0.400. The number of unbranched alkanes of at least 4 members (excludes halogenated alkanes) is 1. The van der Waals surface area contributed by atoms with Crippen LogP contribution in [0.5, 0.6) is 5.75 Å². The standard InChI is InChI=1S/C30H36O2/c1-29(2)16-17-30(3,4)27-21-24(12-14-26(27)29)25-20-23(22-10-6-5-7-11-22)13-15-28(25)32-19-9-8-18-31/h5-7,10-15,20-21,31H,8-9,16-19H2,1-4H3. The Morgan fingerprint density at radius 2 is 1.41 bits per heavy atom. The fourth-order valence-corrected chi connectivity index (χ4v) is 4.84. The van der Waals surface area contributed by atoms with Gasteiger partial charge in [-0.2, -0.15) is 0 Å². The normalized spacial score (nSPS) is 16.4. The summed E-state index contributed by atoms with van der Waals surface area (Å²) >= 11 is 0. The minimum atomic E-state index is 0.167. The SMILES string of the molecule is CC1(C)CCC(C)(C)c2cc(-c3cc(-c4ccccc4)ccc3OCCCCO)ccc21. The van der Waals surface area contributed by atoms with Crippen molar-refractivity contribution in [3.8, 4) is 28.0 Å². The predicted octanol–water partition coefficient (Wildman–Crippen LogP) is 7.52. The number of hydrogen-bond donors (Lipinski definition) is 1. The van der Waals surface area contributed by atoms with Gasteiger partial charge in [0.05, 0.1) is 6.61 Å². The number of hydrogen-bond acceptors (Lipinski definition) is 2. The van der Waals surface area contributed by atoms with E-state index in [0.29, 0.717) is 6.61 Å². The van der Waals surface area contributed by atoms with Crippen molar-refractivity contribution in [1.29, 1.82) is 0 Å². The average molecular weight is 429 g/mol. The number of fused-ring (bicyclic) bond motifs is 1. The molecule has 0 bridgehead atoms. The summed E-state index contributed by atoms with van der Waals surface area (Å²) in [5.74, 6) is 0.912. The van der Waals surface area contributed by atoms with E-state index in [1.165, 1.54) is 40.7 Å². The Morgan fingerprint density at radius 3 is 2.12 bits per heavy atom. The van der Waals surface area contributed by atoms with Gasteiger partial charge in [0, 0.05) is 12.2 Å². The van der Waals surface area contributed by atoms with Gasteiger partial charge in [0.15, 0.2) is 0 Å². The molecule has 2 heteroatoms. The van der Waals surface area contributed by atoms with Crippen LogP contribution in [0.2, 0.25) is 0 Å². The van der Waals surface area contributed by atoms with Gasteiger partial charge in [-0.1, -0.05) is 82.3 Å². The highest BCUT2D eigenvalue weighted by Gasteiger charge is 2.37. The molecule has 0 unspecified atom stereocenters. The quantitative estimate of drug-likeness (QED) is 0.394. The molecule has 0 heterocycles. The van der Waals surface area contributed by atoms with Gasteiger partial charge >= 0.3 is 0 Å². The zero-order valence-corrected chi connectivity index (χ0v) is 19.9. The van der Waals surface area contributed by atoms with Crippen molar-refractivity contribution in [3.05, 3.63) is 77.9 Å². The zero-order valence-electron chi connectivity index (χ0n) is 19.9. The summed E-state index contributed by atoms with van der Waals surface area (Å²) in [4.78, 5) is 0. The second-order valence-corrected chi connectivity index (χ2v) is 10.4. The fourth-order valence-electron chi connectivity index (χ4n) is 4.84. The molecular formula is C30H36O2. The highest BCUT2D eigenvalue weighted by molar-refractivity contribution is 5.78. The maximum absolute atomic E-state index is 9.11. The largest absolute Gasteiger partial charge is 0.493 e. The molecule has 0 aliphatic heterocycles. The first-order chi connectivity index (χ1) is 15.3. The van der Waals surface area contributed by atoms with Crippen LogP contribution in [0, 0.1) is 0 Å². The second kappa shape index (κ2) is 9.11. The first-order valence-corrected chi connectivity index (χ1v) is 11.9. The Labute approximate surface area is 193 Å². The van der Waals surface area contributed by atoms with E-state index >= 15 is 0 Å². The summed E-state index contributed by atoms with van der Waals surface area (Å²) in [5.41, 5.74) is 8.06. The monoisotopic (exact) mass is 428 g/mol. The molecule has 1 N–H and O–H groups in total. The number of aliphatic hydroxyl groups excluding tert-OH is 1. The Bertz CT molecular complexity index is 1060. The molecule has 3 aromatic carbocycles. The van der Waals surface area contributed by atoms with Crippen molar-refractivity contribution in [3.63, 3.8) is 0 Å². The smallest absolute Gasteiger partial charge is 0.127 e. The van der Waals surface area contributed by atoms with Crippen molar-refractivity contribution >= 4 is 0 Å². The lowest BCUT2D eigenvalue weighted by Crippen LogP contribution is -2.33. The van der Waals surface area contributed by atoms with E-state index in [2.05, 4.69) is 94.4 Å². The van der Waals surface area contributed by atoms with Gasteiger partial charge in [0.1, 0.15) is 5.75 Å². The van der Waals surface area contributed by atoms with E-state index in [0.717, 1.165) is 24.2 Å². The average Bonchev–Trinajstić information content (AvgIpc) is 2.80. The maximum atomic E-state index is 9.11. The highest BCUT2D eigenvalue weighted by atomic mass is 16.5. The third-order valence-electron chi connectivity index (χ3n) is 7.06. The second-order valence-electron chi connectivity index (χ2n) is 10.4. The van der Waals surface area contributed by atoms with Crippen molar-refractivity contribution < 1.29 is 9.84 Å². The van der Waals surface area contributed by atoms with Gasteiger partial charge in [0.2, 0.25) is 0 Å². The van der Waals surface area contributed by atoms with Crippen LogP contribution in [0.4, 0.5) is 0 Å². The molecule has 0 aromatic heterocycles. The van der Waals surface area contributed by atoms with Gasteiger partial charge in [-0.05, 0) is 76.5 Å². The number of ether oxygens (including phenoxy) is 1. The number of benzene rings is 3. The topological polar surface area (TPSA) is 29.5 Å². The molecule has 168 valence electrons. The number of aliphatic hydroxyl groups is 1. The van der Waals surface area contributed by atoms with Crippen LogP contribution < -0.4 is 4.74 Å². The lowest BCUT2D eigenvalue weighted by atomic mass is 9.63. The summed E-state index contributed by atoms with van der Waals surface area (Å²) in [6.07, 6.45) is 4.03. The lowest BCUT2D eigenvalue weighted by Gasteiger charge is -2.42. The summed E-state index contributed by atoms with van der Waals surface area (Å²) in [7, 11) is 0. The summed E-state index contributed by atoms with van der Waals surface area (Å²) in [5, 5.41) is 9.11. The van der Waals surface area contributed by atoms with Crippen molar-refractivity contribution in [2.75, 3.05) is 13.2 Å². The molecule has 32 heavy (non-hydrogen) atoms. The van der Waals surface area contributed by atoms with Crippen molar-refractivity contribution in [2.24, 2.45) is 0 Å². The molecule has 1 aliphatic rings. The van der Waals surface area contributed by atoms with E-state index < -0.39 is 0 Å². The van der Waals surface area contributed by atoms with E-state index in [-0.39, 0.29) is 17.4 Å². The zero-order chi connectivity index (χ0) is 22.8. The van der Waals surface area contributed by atoms with E-state index in [1.807, 2.05) is 0 Å². The molecule has 0 radical (unpaired) electrons. The van der Waals surface area contributed by atoms with Gasteiger partial charge in [-0.3, -0.25) is 0 Å². The molecule has 0 saturated carbocycles. The first-order valence-electron chi connectivity index (χ1n) is 11.9. The van der Waals surface area contributed by atoms with Gasteiger partial charge < -0.3 is 9.84 Å². The molecule has 0 atom stereocenters. The highest BCUT2D eigenvalue weighted by Crippen LogP contribution is 2.47. The summed E-state index contributed by atoms with van der Waals surface area (Å²) in [6.45, 7) is 10.3. The molecule has 0 saturated heterocycles. The molecule has 1 aliphatic carbocycles. The molecule has 0 fully saturated rings. The molecule has 0 spiro atoms. The Balaban J connectivity index is 1.80. The molecule has 2 nitrogen and oxygen atoms in total. The Morgan fingerprint density at radius 1 is 0.719 bits per heavy atom. The minimum absolute atomic E-state index is 0.167. The lowest BCUT2D eigenvalue weighted by molar-refractivity contribution is 0.253. The van der Waals surface area contributed by atoms with E-state index in [9.17, 15) is 0 Å². The maximum Gasteiger partial charge on any atom is 0.127 e. The molecular weight excluding hydrogens is 392 g/mol.